The third-order valence-corrected chi connectivity index (χ3v) is 3.27. The molecule has 1 heterocycles. The first-order valence-corrected chi connectivity index (χ1v) is 6.32. The SMILES string of the molecule is OC1CCN(CCOc2ccc(Br)cc2)C1. The smallest absolute Gasteiger partial charge is 0.119 e. The molecule has 1 aromatic rings. The van der Waals surface area contributed by atoms with Gasteiger partial charge in [-0.05, 0) is 30.7 Å². The molecule has 1 N–H and O–H groups in total. The van der Waals surface area contributed by atoms with Gasteiger partial charge in [-0.15, -0.1) is 0 Å². The third-order valence-electron chi connectivity index (χ3n) is 2.74. The van der Waals surface area contributed by atoms with Crippen LogP contribution in [0.2, 0.25) is 0 Å². The molecule has 0 radical (unpaired) electrons. The molecular weight excluding hydrogens is 270 g/mol. The Labute approximate surface area is 104 Å². The summed E-state index contributed by atoms with van der Waals surface area (Å²) in [5.74, 6) is 0.892. The van der Waals surface area contributed by atoms with Crippen molar-refractivity contribution in [2.45, 2.75) is 12.5 Å². The standard InChI is InChI=1S/C12H16BrNO2/c13-10-1-3-12(4-2-10)16-8-7-14-6-5-11(15)9-14/h1-4,11,15H,5-9H2. The Hall–Kier alpha value is -0.580. The number of ether oxygens (including phenoxy) is 1. The predicted molar refractivity (Wildman–Crippen MR) is 66.7 cm³/mol. The van der Waals surface area contributed by atoms with Crippen molar-refractivity contribution in [1.29, 1.82) is 0 Å². The van der Waals surface area contributed by atoms with E-state index in [1.807, 2.05) is 24.3 Å². The van der Waals surface area contributed by atoms with Gasteiger partial charge >= 0.3 is 0 Å². The Morgan fingerprint density at radius 3 is 2.75 bits per heavy atom. The Bertz CT molecular complexity index is 328. The second-order valence-corrected chi connectivity index (χ2v) is 4.96. The number of hydrogen-bond acceptors (Lipinski definition) is 3. The molecular formula is C12H16BrNO2. The van der Waals surface area contributed by atoms with Gasteiger partial charge in [0, 0.05) is 24.1 Å². The highest BCUT2D eigenvalue weighted by molar-refractivity contribution is 9.10. The van der Waals surface area contributed by atoms with E-state index < -0.39 is 0 Å². The summed E-state index contributed by atoms with van der Waals surface area (Å²) in [5.41, 5.74) is 0. The molecule has 4 heteroatoms. The van der Waals surface area contributed by atoms with Crippen LogP contribution in [0.25, 0.3) is 0 Å². The lowest BCUT2D eigenvalue weighted by Gasteiger charge is -2.15. The van der Waals surface area contributed by atoms with Gasteiger partial charge in [-0.2, -0.15) is 0 Å². The summed E-state index contributed by atoms with van der Waals surface area (Å²) in [5, 5.41) is 9.36. The molecule has 1 aliphatic heterocycles. The van der Waals surface area contributed by atoms with Crippen molar-refractivity contribution in [3.63, 3.8) is 0 Å². The van der Waals surface area contributed by atoms with Gasteiger partial charge in [-0.3, -0.25) is 4.90 Å². The molecule has 1 aromatic carbocycles. The minimum absolute atomic E-state index is 0.146. The predicted octanol–water partition coefficient (Wildman–Crippen LogP) is 1.89. The van der Waals surface area contributed by atoms with Crippen molar-refractivity contribution in [2.75, 3.05) is 26.2 Å². The lowest BCUT2D eigenvalue weighted by atomic mass is 10.3. The summed E-state index contributed by atoms with van der Waals surface area (Å²) in [6, 6.07) is 7.83. The molecule has 2 rings (SSSR count). The zero-order valence-electron chi connectivity index (χ0n) is 9.10. The summed E-state index contributed by atoms with van der Waals surface area (Å²) in [7, 11) is 0. The fraction of sp³-hybridized carbons (Fsp3) is 0.500. The number of aliphatic hydroxyl groups is 1. The van der Waals surface area contributed by atoms with Crippen LogP contribution >= 0.6 is 15.9 Å². The molecule has 1 unspecified atom stereocenters. The molecule has 0 amide bonds. The van der Waals surface area contributed by atoms with Crippen LogP contribution in [0.3, 0.4) is 0 Å². The van der Waals surface area contributed by atoms with E-state index in [2.05, 4.69) is 20.8 Å². The fourth-order valence-electron chi connectivity index (χ4n) is 1.84. The summed E-state index contributed by atoms with van der Waals surface area (Å²) in [4.78, 5) is 2.23. The number of benzene rings is 1. The number of nitrogens with zero attached hydrogens (tertiary/aromatic N) is 1. The average molecular weight is 286 g/mol. The van der Waals surface area contributed by atoms with E-state index in [1.165, 1.54) is 0 Å². The van der Waals surface area contributed by atoms with Crippen molar-refractivity contribution in [3.8, 4) is 5.75 Å². The Kier molecular flexibility index (Phi) is 4.21. The third kappa shape index (κ3) is 3.47. The quantitative estimate of drug-likeness (QED) is 0.917. The van der Waals surface area contributed by atoms with Crippen LogP contribution < -0.4 is 4.74 Å². The highest BCUT2D eigenvalue weighted by Gasteiger charge is 2.19. The Balaban J connectivity index is 1.70. The molecule has 1 saturated heterocycles. The van der Waals surface area contributed by atoms with E-state index in [0.29, 0.717) is 6.61 Å². The average Bonchev–Trinajstić information content (AvgIpc) is 2.67. The van der Waals surface area contributed by atoms with Crippen molar-refractivity contribution in [3.05, 3.63) is 28.7 Å². The van der Waals surface area contributed by atoms with E-state index in [9.17, 15) is 5.11 Å². The fourth-order valence-corrected chi connectivity index (χ4v) is 2.10. The van der Waals surface area contributed by atoms with Gasteiger partial charge in [-0.25, -0.2) is 0 Å². The first-order valence-electron chi connectivity index (χ1n) is 5.53. The van der Waals surface area contributed by atoms with Gasteiger partial charge in [0.1, 0.15) is 12.4 Å². The van der Waals surface area contributed by atoms with Crippen molar-refractivity contribution in [2.24, 2.45) is 0 Å². The summed E-state index contributed by atoms with van der Waals surface area (Å²) < 4.78 is 6.67. The van der Waals surface area contributed by atoms with Gasteiger partial charge < -0.3 is 9.84 Å². The molecule has 1 aliphatic rings. The number of β-amino-alcohol motifs (C(OH)–C–C–N with tert-alkyl or cyclic N) is 1. The highest BCUT2D eigenvalue weighted by Crippen LogP contribution is 2.16. The van der Waals surface area contributed by atoms with E-state index in [0.717, 1.165) is 36.3 Å². The van der Waals surface area contributed by atoms with Crippen LogP contribution in [0, 0.1) is 0 Å². The van der Waals surface area contributed by atoms with Gasteiger partial charge in [0.25, 0.3) is 0 Å². The number of likely N-dealkylation sites (tertiary alicyclic amines) is 1. The topological polar surface area (TPSA) is 32.7 Å². The highest BCUT2D eigenvalue weighted by atomic mass is 79.9. The van der Waals surface area contributed by atoms with Gasteiger partial charge in [0.2, 0.25) is 0 Å². The first-order chi connectivity index (χ1) is 7.74. The first kappa shape index (κ1) is 11.9. The number of hydrogen-bond donors (Lipinski definition) is 1. The van der Waals surface area contributed by atoms with Crippen LogP contribution in [0.4, 0.5) is 0 Å². The van der Waals surface area contributed by atoms with E-state index in [-0.39, 0.29) is 6.10 Å². The van der Waals surface area contributed by atoms with Crippen LogP contribution in [-0.4, -0.2) is 42.4 Å². The van der Waals surface area contributed by atoms with Crippen LogP contribution in [0.15, 0.2) is 28.7 Å². The summed E-state index contributed by atoms with van der Waals surface area (Å²) in [6.45, 7) is 3.32. The maximum absolute atomic E-state index is 9.36. The molecule has 1 atom stereocenters. The molecule has 1 fully saturated rings. The lowest BCUT2D eigenvalue weighted by Crippen LogP contribution is -2.27. The van der Waals surface area contributed by atoms with E-state index in [1.54, 1.807) is 0 Å². The lowest BCUT2D eigenvalue weighted by molar-refractivity contribution is 0.167. The number of halogens is 1. The minimum Gasteiger partial charge on any atom is -0.492 e. The number of aliphatic hydroxyl groups excluding tert-OH is 1. The molecule has 0 aliphatic carbocycles. The normalized spacial score (nSPS) is 21.2. The van der Waals surface area contributed by atoms with Crippen LogP contribution in [0.1, 0.15) is 6.42 Å². The summed E-state index contributed by atoms with van der Waals surface area (Å²) in [6.07, 6.45) is 0.742. The Morgan fingerprint density at radius 2 is 2.12 bits per heavy atom. The molecule has 16 heavy (non-hydrogen) atoms. The molecule has 0 spiro atoms. The second-order valence-electron chi connectivity index (χ2n) is 4.05. The Morgan fingerprint density at radius 1 is 1.38 bits per heavy atom. The van der Waals surface area contributed by atoms with Gasteiger partial charge in [-0.1, -0.05) is 15.9 Å². The zero-order valence-corrected chi connectivity index (χ0v) is 10.7. The maximum atomic E-state index is 9.36. The van der Waals surface area contributed by atoms with E-state index >= 15 is 0 Å². The number of rotatable bonds is 4. The minimum atomic E-state index is -0.146. The molecule has 0 bridgehead atoms. The zero-order chi connectivity index (χ0) is 11.4. The van der Waals surface area contributed by atoms with Crippen molar-refractivity contribution < 1.29 is 9.84 Å². The van der Waals surface area contributed by atoms with Gasteiger partial charge in [0.05, 0.1) is 6.10 Å². The van der Waals surface area contributed by atoms with Crippen molar-refractivity contribution in [1.82, 2.24) is 4.90 Å². The maximum Gasteiger partial charge on any atom is 0.119 e. The molecule has 0 saturated carbocycles. The molecule has 88 valence electrons. The van der Waals surface area contributed by atoms with E-state index in [4.69, 9.17) is 4.74 Å². The van der Waals surface area contributed by atoms with Crippen LogP contribution in [-0.2, 0) is 0 Å². The van der Waals surface area contributed by atoms with Crippen molar-refractivity contribution >= 4 is 15.9 Å². The molecule has 0 aromatic heterocycles. The monoisotopic (exact) mass is 285 g/mol. The second kappa shape index (κ2) is 5.66. The largest absolute Gasteiger partial charge is 0.492 e. The van der Waals surface area contributed by atoms with Gasteiger partial charge in [0.15, 0.2) is 0 Å². The molecule has 3 nitrogen and oxygen atoms in total. The summed E-state index contributed by atoms with van der Waals surface area (Å²) >= 11 is 3.38. The van der Waals surface area contributed by atoms with Crippen LogP contribution in [0.5, 0.6) is 5.75 Å².